The molecule has 0 amide bonds. The summed E-state index contributed by atoms with van der Waals surface area (Å²) in [4.78, 5) is 22.9. The van der Waals surface area contributed by atoms with Crippen molar-refractivity contribution in [3.63, 3.8) is 0 Å². The molecule has 0 aliphatic carbocycles. The Balaban J connectivity index is 2.18. The Morgan fingerprint density at radius 1 is 1.33 bits per heavy atom. The van der Waals surface area contributed by atoms with Crippen molar-refractivity contribution in [2.75, 3.05) is 5.32 Å². The summed E-state index contributed by atoms with van der Waals surface area (Å²) < 4.78 is 0. The number of aromatic nitrogens is 3. The number of anilines is 1. The first-order valence-electron chi connectivity index (χ1n) is 5.79. The molecule has 2 heterocycles. The molecule has 0 aliphatic rings. The van der Waals surface area contributed by atoms with Crippen molar-refractivity contribution in [3.05, 3.63) is 51.3 Å². The first-order valence-corrected chi connectivity index (χ1v) is 5.79. The van der Waals surface area contributed by atoms with Gasteiger partial charge in [0.05, 0.1) is 0 Å². The SMILES string of the molecule is Cc1nccc(NCc2c(C)cc(C)[nH]c2=O)n1. The van der Waals surface area contributed by atoms with E-state index in [2.05, 4.69) is 20.3 Å². The normalized spacial score (nSPS) is 10.4. The number of H-pyrrole nitrogens is 1. The monoisotopic (exact) mass is 244 g/mol. The van der Waals surface area contributed by atoms with Crippen LogP contribution in [0.1, 0.15) is 22.6 Å². The van der Waals surface area contributed by atoms with Crippen LogP contribution in [0.3, 0.4) is 0 Å². The number of rotatable bonds is 3. The van der Waals surface area contributed by atoms with E-state index in [0.29, 0.717) is 12.4 Å². The van der Waals surface area contributed by atoms with E-state index < -0.39 is 0 Å². The molecule has 0 aliphatic heterocycles. The molecule has 0 spiro atoms. The Kier molecular flexibility index (Phi) is 3.41. The van der Waals surface area contributed by atoms with E-state index >= 15 is 0 Å². The molecule has 0 aromatic carbocycles. The Hall–Kier alpha value is -2.17. The van der Waals surface area contributed by atoms with Crippen molar-refractivity contribution in [3.8, 4) is 0 Å². The van der Waals surface area contributed by atoms with Gasteiger partial charge < -0.3 is 10.3 Å². The predicted molar refractivity (Wildman–Crippen MR) is 70.6 cm³/mol. The molecule has 0 saturated carbocycles. The lowest BCUT2D eigenvalue weighted by atomic mass is 10.1. The van der Waals surface area contributed by atoms with Crippen LogP contribution in [0.5, 0.6) is 0 Å². The number of aromatic amines is 1. The van der Waals surface area contributed by atoms with Crippen LogP contribution in [0, 0.1) is 20.8 Å². The summed E-state index contributed by atoms with van der Waals surface area (Å²) in [6, 6.07) is 3.74. The summed E-state index contributed by atoms with van der Waals surface area (Å²) in [5.74, 6) is 1.43. The topological polar surface area (TPSA) is 70.7 Å². The average Bonchev–Trinajstić information content (AvgIpc) is 2.27. The van der Waals surface area contributed by atoms with E-state index in [1.54, 1.807) is 12.3 Å². The summed E-state index contributed by atoms with van der Waals surface area (Å²) in [5, 5.41) is 3.13. The molecule has 0 saturated heterocycles. The first kappa shape index (κ1) is 12.3. The van der Waals surface area contributed by atoms with E-state index in [-0.39, 0.29) is 5.56 Å². The molecule has 18 heavy (non-hydrogen) atoms. The highest BCUT2D eigenvalue weighted by Crippen LogP contribution is 2.07. The van der Waals surface area contributed by atoms with Gasteiger partial charge in [0.1, 0.15) is 11.6 Å². The molecular weight excluding hydrogens is 228 g/mol. The molecule has 0 atom stereocenters. The lowest BCUT2D eigenvalue weighted by Crippen LogP contribution is -2.18. The molecular formula is C13H16N4O. The average molecular weight is 244 g/mol. The molecule has 5 heteroatoms. The lowest BCUT2D eigenvalue weighted by Gasteiger charge is -2.08. The van der Waals surface area contributed by atoms with Crippen molar-refractivity contribution in [2.24, 2.45) is 0 Å². The van der Waals surface area contributed by atoms with Crippen LogP contribution in [0.4, 0.5) is 5.82 Å². The number of nitrogens with one attached hydrogen (secondary N) is 2. The van der Waals surface area contributed by atoms with Crippen molar-refractivity contribution < 1.29 is 0 Å². The standard InChI is InChI=1S/C13H16N4O/c1-8-6-9(2)16-13(18)11(8)7-15-12-4-5-14-10(3)17-12/h4-6H,7H2,1-3H3,(H,16,18)(H,14,15,17). The van der Waals surface area contributed by atoms with E-state index in [1.165, 1.54) is 0 Å². The van der Waals surface area contributed by atoms with Crippen LogP contribution in [-0.4, -0.2) is 15.0 Å². The van der Waals surface area contributed by atoms with E-state index in [4.69, 9.17) is 0 Å². The second-order valence-electron chi connectivity index (χ2n) is 4.29. The molecule has 2 N–H and O–H groups in total. The maximum Gasteiger partial charge on any atom is 0.253 e. The molecule has 2 aromatic rings. The summed E-state index contributed by atoms with van der Waals surface area (Å²) in [6.07, 6.45) is 1.69. The minimum Gasteiger partial charge on any atom is -0.366 e. The smallest absolute Gasteiger partial charge is 0.253 e. The van der Waals surface area contributed by atoms with Crippen molar-refractivity contribution >= 4 is 5.82 Å². The summed E-state index contributed by atoms with van der Waals surface area (Å²) >= 11 is 0. The van der Waals surface area contributed by atoms with Crippen LogP contribution >= 0.6 is 0 Å². The van der Waals surface area contributed by atoms with Crippen LogP contribution in [0.15, 0.2) is 23.1 Å². The zero-order valence-corrected chi connectivity index (χ0v) is 10.7. The number of pyridine rings is 1. The maximum atomic E-state index is 11.8. The second kappa shape index (κ2) is 5.00. The minimum absolute atomic E-state index is 0.0502. The molecule has 0 fully saturated rings. The fourth-order valence-corrected chi connectivity index (χ4v) is 1.83. The Labute approximate surface area is 105 Å². The van der Waals surface area contributed by atoms with Gasteiger partial charge in [0, 0.05) is 24.0 Å². The largest absolute Gasteiger partial charge is 0.366 e. The van der Waals surface area contributed by atoms with E-state index in [9.17, 15) is 4.79 Å². The summed E-state index contributed by atoms with van der Waals surface area (Å²) in [7, 11) is 0. The third-order valence-electron chi connectivity index (χ3n) is 2.72. The van der Waals surface area contributed by atoms with Crippen LogP contribution in [0.2, 0.25) is 0 Å². The number of aryl methyl sites for hydroxylation is 3. The highest BCUT2D eigenvalue weighted by molar-refractivity contribution is 5.36. The van der Waals surface area contributed by atoms with Crippen LogP contribution < -0.4 is 10.9 Å². The van der Waals surface area contributed by atoms with Gasteiger partial charge in [-0.2, -0.15) is 0 Å². The number of hydrogen-bond acceptors (Lipinski definition) is 4. The highest BCUT2D eigenvalue weighted by Gasteiger charge is 2.05. The van der Waals surface area contributed by atoms with Crippen molar-refractivity contribution in [1.29, 1.82) is 0 Å². The summed E-state index contributed by atoms with van der Waals surface area (Å²) in [6.45, 7) is 6.09. The fourth-order valence-electron chi connectivity index (χ4n) is 1.83. The van der Waals surface area contributed by atoms with Gasteiger partial charge in [-0.25, -0.2) is 9.97 Å². The maximum absolute atomic E-state index is 11.8. The molecule has 0 radical (unpaired) electrons. The third kappa shape index (κ3) is 2.74. The van der Waals surface area contributed by atoms with Gasteiger partial charge in [-0.3, -0.25) is 4.79 Å². The summed E-state index contributed by atoms with van der Waals surface area (Å²) in [5.41, 5.74) is 2.54. The third-order valence-corrected chi connectivity index (χ3v) is 2.72. The first-order chi connectivity index (χ1) is 8.56. The van der Waals surface area contributed by atoms with Crippen molar-refractivity contribution in [2.45, 2.75) is 27.3 Å². The lowest BCUT2D eigenvalue weighted by molar-refractivity contribution is 0.984. The molecule has 2 aromatic heterocycles. The van der Waals surface area contributed by atoms with Crippen LogP contribution in [-0.2, 0) is 6.54 Å². The van der Waals surface area contributed by atoms with Crippen LogP contribution in [0.25, 0.3) is 0 Å². The fraction of sp³-hybridized carbons (Fsp3) is 0.308. The van der Waals surface area contributed by atoms with Gasteiger partial charge in [-0.05, 0) is 38.5 Å². The molecule has 0 unspecified atom stereocenters. The second-order valence-corrected chi connectivity index (χ2v) is 4.29. The van der Waals surface area contributed by atoms with Gasteiger partial charge in [0.15, 0.2) is 0 Å². The number of nitrogens with zero attached hydrogens (tertiary/aromatic N) is 2. The molecule has 2 rings (SSSR count). The van der Waals surface area contributed by atoms with Gasteiger partial charge in [0.25, 0.3) is 5.56 Å². The zero-order chi connectivity index (χ0) is 13.1. The van der Waals surface area contributed by atoms with Gasteiger partial charge in [0.2, 0.25) is 0 Å². The quantitative estimate of drug-likeness (QED) is 0.862. The Morgan fingerprint density at radius 3 is 2.78 bits per heavy atom. The highest BCUT2D eigenvalue weighted by atomic mass is 16.1. The van der Waals surface area contributed by atoms with E-state index in [1.807, 2.05) is 26.8 Å². The Morgan fingerprint density at radius 2 is 2.11 bits per heavy atom. The number of hydrogen-bond donors (Lipinski definition) is 2. The van der Waals surface area contributed by atoms with Gasteiger partial charge >= 0.3 is 0 Å². The molecule has 0 bridgehead atoms. The van der Waals surface area contributed by atoms with E-state index in [0.717, 1.165) is 22.6 Å². The Bertz CT molecular complexity index is 619. The predicted octanol–water partition coefficient (Wildman–Crippen LogP) is 1.70. The van der Waals surface area contributed by atoms with Gasteiger partial charge in [-0.1, -0.05) is 0 Å². The zero-order valence-electron chi connectivity index (χ0n) is 10.7. The molecule has 94 valence electrons. The minimum atomic E-state index is -0.0502. The molecule has 5 nitrogen and oxygen atoms in total. The van der Waals surface area contributed by atoms with Crippen molar-refractivity contribution in [1.82, 2.24) is 15.0 Å². The van der Waals surface area contributed by atoms with Gasteiger partial charge in [-0.15, -0.1) is 0 Å².